The highest BCUT2D eigenvalue weighted by molar-refractivity contribution is 7.89. The third-order valence-electron chi connectivity index (χ3n) is 3.48. The van der Waals surface area contributed by atoms with Gasteiger partial charge in [-0.25, -0.2) is 13.4 Å². The molecule has 0 spiro atoms. The number of anilines is 1. The summed E-state index contributed by atoms with van der Waals surface area (Å²) in [5.74, 6) is 0.0217. The molecule has 0 aliphatic carbocycles. The fourth-order valence-electron chi connectivity index (χ4n) is 2.29. The number of pyridine rings is 1. The molecule has 2 N–H and O–H groups in total. The van der Waals surface area contributed by atoms with Gasteiger partial charge in [0.1, 0.15) is 16.3 Å². The van der Waals surface area contributed by atoms with Gasteiger partial charge >= 0.3 is 0 Å². The first-order valence-corrected chi connectivity index (χ1v) is 7.61. The van der Waals surface area contributed by atoms with Crippen molar-refractivity contribution in [3.63, 3.8) is 0 Å². The van der Waals surface area contributed by atoms with E-state index in [-0.39, 0.29) is 23.2 Å². The number of nitrogens with two attached hydrogens (primary N) is 1. The lowest BCUT2D eigenvalue weighted by molar-refractivity contribution is -0.142. The maximum atomic E-state index is 12.6. The number of likely N-dealkylation sites (N-methyl/N-ethyl adjacent to an activating group) is 1. The van der Waals surface area contributed by atoms with Crippen LogP contribution in [-0.2, 0) is 14.8 Å². The highest BCUT2D eigenvalue weighted by Crippen LogP contribution is 2.28. The van der Waals surface area contributed by atoms with Crippen LogP contribution in [0.1, 0.15) is 13.8 Å². The Morgan fingerprint density at radius 2 is 1.95 bits per heavy atom. The third kappa shape index (κ3) is 2.25. The standard InChI is InChI=1S/C12H18N4O3S/c1-12(2)11(17)15(3)6-7-16(12)20(18,19)9-4-5-10(13)14-8-9/h4-5,8H,6-7H2,1-3H3,(H2,13,14). The van der Waals surface area contributed by atoms with Gasteiger partial charge in [0.15, 0.2) is 0 Å². The Kier molecular flexibility index (Phi) is 3.47. The molecule has 7 nitrogen and oxygen atoms in total. The van der Waals surface area contributed by atoms with Crippen LogP contribution in [0.2, 0.25) is 0 Å². The van der Waals surface area contributed by atoms with Gasteiger partial charge in [-0.05, 0) is 26.0 Å². The fourth-order valence-corrected chi connectivity index (χ4v) is 3.97. The molecule has 1 aromatic rings. The van der Waals surface area contributed by atoms with Gasteiger partial charge in [0.25, 0.3) is 0 Å². The van der Waals surface area contributed by atoms with Crippen molar-refractivity contribution in [2.75, 3.05) is 25.9 Å². The van der Waals surface area contributed by atoms with E-state index >= 15 is 0 Å². The molecule has 1 fully saturated rings. The number of hydrogen-bond donors (Lipinski definition) is 1. The molecule has 1 aromatic heterocycles. The van der Waals surface area contributed by atoms with Crippen LogP contribution in [0, 0.1) is 0 Å². The zero-order chi connectivity index (χ0) is 15.1. The van der Waals surface area contributed by atoms with Gasteiger partial charge in [0, 0.05) is 26.3 Å². The molecule has 110 valence electrons. The average Bonchev–Trinajstić information content (AvgIpc) is 2.36. The molecule has 1 aliphatic rings. The van der Waals surface area contributed by atoms with Gasteiger partial charge < -0.3 is 10.6 Å². The third-order valence-corrected chi connectivity index (χ3v) is 5.54. The van der Waals surface area contributed by atoms with E-state index in [4.69, 9.17) is 5.73 Å². The van der Waals surface area contributed by atoms with Crippen LogP contribution in [0.5, 0.6) is 0 Å². The Bertz CT molecular complexity index is 625. The predicted molar refractivity (Wildman–Crippen MR) is 74.3 cm³/mol. The summed E-state index contributed by atoms with van der Waals surface area (Å²) >= 11 is 0. The van der Waals surface area contributed by atoms with Crippen molar-refractivity contribution in [3.05, 3.63) is 18.3 Å². The highest BCUT2D eigenvalue weighted by Gasteiger charge is 2.46. The van der Waals surface area contributed by atoms with Crippen molar-refractivity contribution in [1.82, 2.24) is 14.2 Å². The number of hydrogen-bond acceptors (Lipinski definition) is 5. The molecule has 2 rings (SSSR count). The van der Waals surface area contributed by atoms with E-state index < -0.39 is 15.6 Å². The minimum atomic E-state index is -3.77. The molecule has 1 amide bonds. The van der Waals surface area contributed by atoms with Crippen molar-refractivity contribution in [1.29, 1.82) is 0 Å². The van der Waals surface area contributed by atoms with Crippen molar-refractivity contribution >= 4 is 21.7 Å². The van der Waals surface area contributed by atoms with E-state index in [1.54, 1.807) is 20.9 Å². The van der Waals surface area contributed by atoms with Gasteiger partial charge in [0.05, 0.1) is 0 Å². The van der Waals surface area contributed by atoms with Gasteiger partial charge in [-0.2, -0.15) is 4.31 Å². The van der Waals surface area contributed by atoms with Crippen molar-refractivity contribution < 1.29 is 13.2 Å². The van der Waals surface area contributed by atoms with E-state index in [0.717, 1.165) is 0 Å². The molecule has 0 unspecified atom stereocenters. The van der Waals surface area contributed by atoms with Gasteiger partial charge in [-0.1, -0.05) is 0 Å². The lowest BCUT2D eigenvalue weighted by Gasteiger charge is -2.43. The number of carbonyl (C=O) groups is 1. The van der Waals surface area contributed by atoms with Crippen LogP contribution in [0.25, 0.3) is 0 Å². The molecule has 0 bridgehead atoms. The van der Waals surface area contributed by atoms with Crippen LogP contribution in [-0.4, -0.2) is 54.2 Å². The number of sulfonamides is 1. The van der Waals surface area contributed by atoms with E-state index in [1.807, 2.05) is 0 Å². The lowest BCUT2D eigenvalue weighted by Crippen LogP contribution is -2.63. The number of nitrogen functional groups attached to an aromatic ring is 1. The van der Waals surface area contributed by atoms with Crippen molar-refractivity contribution in [2.45, 2.75) is 24.3 Å². The summed E-state index contributed by atoms with van der Waals surface area (Å²) in [6, 6.07) is 2.83. The molecule has 1 aliphatic heterocycles. The molecular formula is C12H18N4O3S. The van der Waals surface area contributed by atoms with Crippen LogP contribution in [0.4, 0.5) is 5.82 Å². The molecule has 0 saturated carbocycles. The molecule has 2 heterocycles. The second-order valence-electron chi connectivity index (χ2n) is 5.28. The number of amides is 1. The summed E-state index contributed by atoms with van der Waals surface area (Å²) in [5, 5.41) is 0. The Balaban J connectivity index is 2.44. The van der Waals surface area contributed by atoms with Crippen LogP contribution in [0.3, 0.4) is 0 Å². The topological polar surface area (TPSA) is 96.6 Å². The molecule has 0 atom stereocenters. The Morgan fingerprint density at radius 1 is 1.30 bits per heavy atom. The fraction of sp³-hybridized carbons (Fsp3) is 0.500. The molecule has 0 radical (unpaired) electrons. The summed E-state index contributed by atoms with van der Waals surface area (Å²) in [6.07, 6.45) is 1.21. The smallest absolute Gasteiger partial charge is 0.245 e. The molecular weight excluding hydrogens is 280 g/mol. The number of rotatable bonds is 2. The number of piperazine rings is 1. The van der Waals surface area contributed by atoms with Gasteiger partial charge in [-0.3, -0.25) is 4.79 Å². The predicted octanol–water partition coefficient (Wildman–Crippen LogP) is -0.0949. The first-order chi connectivity index (χ1) is 9.17. The minimum absolute atomic E-state index is 0.0390. The zero-order valence-corrected chi connectivity index (χ0v) is 12.5. The first kappa shape index (κ1) is 14.7. The monoisotopic (exact) mass is 298 g/mol. The SMILES string of the molecule is CN1CCN(S(=O)(=O)c2ccc(N)nc2)C(C)(C)C1=O. The highest BCUT2D eigenvalue weighted by atomic mass is 32.2. The molecule has 1 saturated heterocycles. The first-order valence-electron chi connectivity index (χ1n) is 6.17. The average molecular weight is 298 g/mol. The summed E-state index contributed by atoms with van der Waals surface area (Å²) in [5.41, 5.74) is 4.34. The second kappa shape index (κ2) is 4.71. The van der Waals surface area contributed by atoms with Crippen LogP contribution < -0.4 is 5.73 Å². The van der Waals surface area contributed by atoms with E-state index in [2.05, 4.69) is 4.98 Å². The maximum Gasteiger partial charge on any atom is 0.245 e. The lowest BCUT2D eigenvalue weighted by atomic mass is 10.0. The largest absolute Gasteiger partial charge is 0.384 e. The van der Waals surface area contributed by atoms with Gasteiger partial charge in [0.2, 0.25) is 15.9 Å². The Hall–Kier alpha value is -1.67. The normalized spacial score (nSPS) is 20.1. The van der Waals surface area contributed by atoms with Crippen LogP contribution in [0.15, 0.2) is 23.2 Å². The Morgan fingerprint density at radius 3 is 2.50 bits per heavy atom. The summed E-state index contributed by atoms with van der Waals surface area (Å²) in [6.45, 7) is 3.83. The maximum absolute atomic E-state index is 12.6. The van der Waals surface area contributed by atoms with E-state index in [9.17, 15) is 13.2 Å². The summed E-state index contributed by atoms with van der Waals surface area (Å²) < 4.78 is 26.5. The summed E-state index contributed by atoms with van der Waals surface area (Å²) in [4.78, 5) is 17.5. The minimum Gasteiger partial charge on any atom is -0.384 e. The second-order valence-corrected chi connectivity index (χ2v) is 7.14. The van der Waals surface area contributed by atoms with Crippen molar-refractivity contribution in [3.8, 4) is 0 Å². The number of nitrogens with zero attached hydrogens (tertiary/aromatic N) is 3. The Labute approximate surface area is 118 Å². The molecule has 20 heavy (non-hydrogen) atoms. The van der Waals surface area contributed by atoms with Crippen molar-refractivity contribution in [2.24, 2.45) is 0 Å². The number of carbonyl (C=O) groups excluding carboxylic acids is 1. The van der Waals surface area contributed by atoms with E-state index in [0.29, 0.717) is 6.54 Å². The van der Waals surface area contributed by atoms with Gasteiger partial charge in [-0.15, -0.1) is 0 Å². The van der Waals surface area contributed by atoms with Crippen LogP contribution >= 0.6 is 0 Å². The zero-order valence-electron chi connectivity index (χ0n) is 11.7. The summed E-state index contributed by atoms with van der Waals surface area (Å²) in [7, 11) is -2.11. The number of aromatic nitrogens is 1. The molecule has 8 heteroatoms. The quantitative estimate of drug-likeness (QED) is 0.822. The van der Waals surface area contributed by atoms with E-state index in [1.165, 1.54) is 27.5 Å². The molecule has 0 aromatic carbocycles.